The van der Waals surface area contributed by atoms with Crippen LogP contribution in [0.4, 0.5) is 0 Å². The Kier molecular flexibility index (Phi) is 8.04. The first-order chi connectivity index (χ1) is 30.2. The smallest absolute Gasteiger partial charge is 0.164 e. The molecule has 12 rings (SSSR count). The normalized spacial score (nSPS) is 12.7. The minimum Gasteiger partial charge on any atom is -0.256 e. The predicted octanol–water partition coefficient (Wildman–Crippen LogP) is 13.8. The van der Waals surface area contributed by atoms with Gasteiger partial charge >= 0.3 is 0 Å². The molecule has 0 fully saturated rings. The molecule has 0 saturated carbocycles. The maximum atomic E-state index is 5.32. The summed E-state index contributed by atoms with van der Waals surface area (Å²) >= 11 is 0. The van der Waals surface area contributed by atoms with Crippen molar-refractivity contribution in [3.05, 3.63) is 241 Å². The molecule has 4 heteroatoms. The van der Waals surface area contributed by atoms with Crippen molar-refractivity contribution in [1.29, 1.82) is 0 Å². The van der Waals surface area contributed by atoms with Gasteiger partial charge in [0.2, 0.25) is 0 Å². The molecule has 2 heterocycles. The van der Waals surface area contributed by atoms with Crippen LogP contribution in [0.3, 0.4) is 0 Å². The molecule has 2 aromatic heterocycles. The lowest BCUT2D eigenvalue weighted by atomic mass is 9.67. The molecule has 1 aliphatic rings. The van der Waals surface area contributed by atoms with Gasteiger partial charge in [0.05, 0.1) is 10.9 Å². The Balaban J connectivity index is 1.05. The van der Waals surface area contributed by atoms with Crippen LogP contribution >= 0.6 is 0 Å². The van der Waals surface area contributed by atoms with Gasteiger partial charge in [-0.25, -0.2) is 15.0 Å². The molecule has 0 bridgehead atoms. The lowest BCUT2D eigenvalue weighted by Gasteiger charge is -2.34. The maximum Gasteiger partial charge on any atom is 0.164 e. The second-order valence-electron chi connectivity index (χ2n) is 15.8. The van der Waals surface area contributed by atoms with Crippen LogP contribution in [0.1, 0.15) is 22.3 Å². The van der Waals surface area contributed by atoms with Crippen LogP contribution in [-0.2, 0) is 5.41 Å². The van der Waals surface area contributed by atoms with Crippen molar-refractivity contribution >= 4 is 32.4 Å². The van der Waals surface area contributed by atoms with Gasteiger partial charge in [-0.2, -0.15) is 0 Å². The van der Waals surface area contributed by atoms with E-state index in [4.69, 9.17) is 15.0 Å². The number of aromatic nitrogens is 4. The summed E-state index contributed by atoms with van der Waals surface area (Å²) in [6, 6.07) is 75.9. The largest absolute Gasteiger partial charge is 0.256 e. The Morgan fingerprint density at radius 3 is 1.48 bits per heavy atom. The van der Waals surface area contributed by atoms with E-state index in [1.165, 1.54) is 38.8 Å². The van der Waals surface area contributed by atoms with Crippen LogP contribution in [0.25, 0.3) is 88.9 Å². The molecule has 0 radical (unpaired) electrons. The highest BCUT2D eigenvalue weighted by atomic mass is 15.0. The van der Waals surface area contributed by atoms with Crippen molar-refractivity contribution in [2.24, 2.45) is 0 Å². The van der Waals surface area contributed by atoms with Gasteiger partial charge in [0.15, 0.2) is 17.5 Å². The van der Waals surface area contributed by atoms with Gasteiger partial charge in [0, 0.05) is 28.3 Å². The van der Waals surface area contributed by atoms with Crippen molar-refractivity contribution in [2.45, 2.75) is 5.41 Å². The molecule has 0 saturated heterocycles. The number of nitrogens with zero attached hydrogens (tertiary/aromatic N) is 4. The van der Waals surface area contributed by atoms with Crippen LogP contribution in [0.2, 0.25) is 0 Å². The molecular formula is C57H36N4. The third-order valence-corrected chi connectivity index (χ3v) is 12.4. The topological polar surface area (TPSA) is 51.6 Å². The summed E-state index contributed by atoms with van der Waals surface area (Å²) in [5.41, 5.74) is 12.9. The van der Waals surface area contributed by atoms with E-state index in [9.17, 15) is 0 Å². The SMILES string of the molecule is c1ccc(C2(c3ccccc3)c3ccccc3-c3ccc(-c4nc(-c5ccc6ccccc6c5)nc(-c5ccc6ccc(-c7ccc8ncccc8c7)cc6c5)n4)cc32)cc1. The first kappa shape index (κ1) is 34.9. The van der Waals surface area contributed by atoms with Gasteiger partial charge in [-0.15, -0.1) is 0 Å². The molecule has 61 heavy (non-hydrogen) atoms. The highest BCUT2D eigenvalue weighted by molar-refractivity contribution is 5.93. The molecule has 0 atom stereocenters. The van der Waals surface area contributed by atoms with Crippen LogP contribution < -0.4 is 0 Å². The molecule has 0 unspecified atom stereocenters. The zero-order chi connectivity index (χ0) is 40.3. The maximum absolute atomic E-state index is 5.32. The zero-order valence-electron chi connectivity index (χ0n) is 33.1. The minimum atomic E-state index is -0.543. The van der Waals surface area contributed by atoms with Gasteiger partial charge in [-0.1, -0.05) is 170 Å². The number of hydrogen-bond donors (Lipinski definition) is 0. The Labute approximate surface area is 353 Å². The van der Waals surface area contributed by atoms with E-state index in [2.05, 4.69) is 211 Å². The fourth-order valence-electron chi connectivity index (χ4n) is 9.50. The fraction of sp³-hybridized carbons (Fsp3) is 0.0175. The fourth-order valence-corrected chi connectivity index (χ4v) is 9.50. The predicted molar refractivity (Wildman–Crippen MR) is 249 cm³/mol. The lowest BCUT2D eigenvalue weighted by Crippen LogP contribution is -2.28. The summed E-state index contributed by atoms with van der Waals surface area (Å²) in [5, 5.41) is 5.69. The molecule has 0 N–H and O–H groups in total. The molecule has 0 spiro atoms. The van der Waals surface area contributed by atoms with Crippen molar-refractivity contribution in [1.82, 2.24) is 19.9 Å². The number of benzene rings is 9. The van der Waals surface area contributed by atoms with E-state index in [1.807, 2.05) is 12.3 Å². The average Bonchev–Trinajstić information content (AvgIpc) is 3.64. The molecule has 4 nitrogen and oxygen atoms in total. The number of hydrogen-bond acceptors (Lipinski definition) is 4. The number of pyridine rings is 1. The van der Waals surface area contributed by atoms with E-state index >= 15 is 0 Å². The van der Waals surface area contributed by atoms with E-state index in [1.54, 1.807) is 0 Å². The van der Waals surface area contributed by atoms with Gasteiger partial charge in [-0.05, 0) is 109 Å². The molecular weight excluding hydrogens is 741 g/mol. The van der Waals surface area contributed by atoms with Crippen LogP contribution in [0.5, 0.6) is 0 Å². The summed E-state index contributed by atoms with van der Waals surface area (Å²) in [5.74, 6) is 1.88. The Morgan fingerprint density at radius 1 is 0.295 bits per heavy atom. The van der Waals surface area contributed by atoms with Gasteiger partial charge in [0.25, 0.3) is 0 Å². The number of fused-ring (bicyclic) bond motifs is 6. The Morgan fingerprint density at radius 2 is 0.770 bits per heavy atom. The van der Waals surface area contributed by atoms with Crippen molar-refractivity contribution in [3.8, 4) is 56.4 Å². The van der Waals surface area contributed by atoms with Crippen molar-refractivity contribution < 1.29 is 0 Å². The third-order valence-electron chi connectivity index (χ3n) is 12.4. The van der Waals surface area contributed by atoms with E-state index < -0.39 is 5.41 Å². The molecule has 1 aliphatic carbocycles. The molecule has 9 aromatic carbocycles. The van der Waals surface area contributed by atoms with Crippen LogP contribution in [-0.4, -0.2) is 19.9 Å². The monoisotopic (exact) mass is 776 g/mol. The van der Waals surface area contributed by atoms with E-state index in [-0.39, 0.29) is 0 Å². The van der Waals surface area contributed by atoms with Gasteiger partial charge < -0.3 is 0 Å². The standard InChI is InChI=1S/C57H36N4/c1-3-15-47(16-4-1)57(48-17-5-2-6-18-48)51-20-10-9-19-49(51)50-29-27-45(36-52(50)57)56-60-54(43-25-22-37-12-7-8-13-39(37)33-43)59-55(61-56)44-26-23-38-21-24-40(34-46(38)35-44)41-28-30-53-42(32-41)14-11-31-58-53/h1-36H. The summed E-state index contributed by atoms with van der Waals surface area (Å²) < 4.78 is 0. The first-order valence-electron chi connectivity index (χ1n) is 20.7. The van der Waals surface area contributed by atoms with Crippen LogP contribution in [0, 0.1) is 0 Å². The molecule has 0 amide bonds. The summed E-state index contributed by atoms with van der Waals surface area (Å²) in [6.45, 7) is 0. The highest BCUT2D eigenvalue weighted by Gasteiger charge is 2.46. The summed E-state index contributed by atoms with van der Waals surface area (Å²) in [6.07, 6.45) is 1.84. The Hall–Kier alpha value is -8.08. The third kappa shape index (κ3) is 5.76. The van der Waals surface area contributed by atoms with E-state index in [0.717, 1.165) is 54.9 Å². The van der Waals surface area contributed by atoms with Crippen LogP contribution in [0.15, 0.2) is 219 Å². The molecule has 284 valence electrons. The summed E-state index contributed by atoms with van der Waals surface area (Å²) in [7, 11) is 0. The van der Waals surface area contributed by atoms with Gasteiger partial charge in [-0.3, -0.25) is 4.98 Å². The minimum absolute atomic E-state index is 0.543. The molecule has 0 aliphatic heterocycles. The zero-order valence-corrected chi connectivity index (χ0v) is 33.1. The second kappa shape index (κ2) is 14.0. The van der Waals surface area contributed by atoms with Crippen molar-refractivity contribution in [3.63, 3.8) is 0 Å². The van der Waals surface area contributed by atoms with Gasteiger partial charge in [0.1, 0.15) is 0 Å². The first-order valence-corrected chi connectivity index (χ1v) is 20.7. The highest BCUT2D eigenvalue weighted by Crippen LogP contribution is 2.56. The molecule has 11 aromatic rings. The van der Waals surface area contributed by atoms with E-state index in [0.29, 0.717) is 17.5 Å². The quantitative estimate of drug-likeness (QED) is 0.169. The second-order valence-corrected chi connectivity index (χ2v) is 15.8. The summed E-state index contributed by atoms with van der Waals surface area (Å²) in [4.78, 5) is 20.4. The lowest BCUT2D eigenvalue weighted by molar-refractivity contribution is 0.768. The van der Waals surface area contributed by atoms with Crippen molar-refractivity contribution in [2.75, 3.05) is 0 Å². The Bertz CT molecular complexity index is 3450. The average molecular weight is 777 g/mol. The number of rotatable bonds is 6.